The summed E-state index contributed by atoms with van der Waals surface area (Å²) < 4.78 is 23.8. The van der Waals surface area contributed by atoms with Gasteiger partial charge in [-0.2, -0.15) is 0 Å². The van der Waals surface area contributed by atoms with Crippen LogP contribution in [-0.2, 0) is 4.65 Å². The lowest BCUT2D eigenvalue weighted by Gasteiger charge is -2.37. The zero-order chi connectivity index (χ0) is 14.0. The molecule has 0 fully saturated rings. The van der Waals surface area contributed by atoms with Gasteiger partial charge in [-0.05, 0) is 45.3 Å². The van der Waals surface area contributed by atoms with Crippen molar-refractivity contribution in [3.63, 3.8) is 0 Å². The van der Waals surface area contributed by atoms with E-state index in [9.17, 15) is 9.50 Å². The van der Waals surface area contributed by atoms with Gasteiger partial charge in [0.2, 0.25) is 0 Å². The normalized spacial score (nSPS) is 12.4. The van der Waals surface area contributed by atoms with Gasteiger partial charge in [0.15, 0.2) is 11.6 Å². The Morgan fingerprint density at radius 1 is 1.22 bits per heavy atom. The second-order valence-corrected chi connectivity index (χ2v) is 5.33. The largest absolute Gasteiger partial charge is 0.494 e. The predicted octanol–water partition coefficient (Wildman–Crippen LogP) is 1.38. The summed E-state index contributed by atoms with van der Waals surface area (Å²) in [5.74, 6) is -0.208. The molecule has 0 saturated heterocycles. The smallest absolute Gasteiger partial charge is 0.309 e. The van der Waals surface area contributed by atoms with Crippen molar-refractivity contribution in [3.8, 4) is 5.75 Å². The quantitative estimate of drug-likeness (QED) is 0.807. The molecule has 1 aromatic carbocycles. The van der Waals surface area contributed by atoms with Crippen molar-refractivity contribution in [1.82, 2.24) is 0 Å². The molecule has 3 nitrogen and oxygen atoms in total. The van der Waals surface area contributed by atoms with Crippen LogP contribution in [0, 0.1) is 5.82 Å². The van der Waals surface area contributed by atoms with Crippen molar-refractivity contribution in [2.75, 3.05) is 7.11 Å². The SMILES string of the molecule is COc1cc(BOC(C)(C)C(C)(C)O)ccc1F. The zero-order valence-corrected chi connectivity index (χ0v) is 11.6. The molecule has 1 N–H and O–H groups in total. The molecule has 0 atom stereocenters. The minimum atomic E-state index is -0.961. The summed E-state index contributed by atoms with van der Waals surface area (Å²) in [6.45, 7) is 7.01. The topological polar surface area (TPSA) is 38.7 Å². The van der Waals surface area contributed by atoms with Crippen LogP contribution >= 0.6 is 0 Å². The van der Waals surface area contributed by atoms with Crippen molar-refractivity contribution in [1.29, 1.82) is 0 Å². The molecule has 5 heteroatoms. The molecule has 18 heavy (non-hydrogen) atoms. The number of hydrogen-bond acceptors (Lipinski definition) is 3. The van der Waals surface area contributed by atoms with Gasteiger partial charge in [0.1, 0.15) is 0 Å². The molecule has 0 saturated carbocycles. The van der Waals surface area contributed by atoms with E-state index in [1.54, 1.807) is 26.0 Å². The summed E-state index contributed by atoms with van der Waals surface area (Å²) in [6, 6.07) is 4.57. The van der Waals surface area contributed by atoms with Gasteiger partial charge in [-0.15, -0.1) is 0 Å². The Morgan fingerprint density at radius 3 is 2.33 bits per heavy atom. The van der Waals surface area contributed by atoms with Crippen molar-refractivity contribution in [2.24, 2.45) is 0 Å². The summed E-state index contributed by atoms with van der Waals surface area (Å²) in [6.07, 6.45) is 0. The lowest BCUT2D eigenvalue weighted by molar-refractivity contribution is -0.0893. The van der Waals surface area contributed by atoms with Gasteiger partial charge in [-0.1, -0.05) is 6.07 Å². The Labute approximate surface area is 108 Å². The first-order valence-electron chi connectivity index (χ1n) is 5.86. The maximum absolute atomic E-state index is 13.2. The minimum absolute atomic E-state index is 0.192. The van der Waals surface area contributed by atoms with Gasteiger partial charge in [0.05, 0.1) is 18.3 Å². The van der Waals surface area contributed by atoms with Crippen LogP contribution in [0.15, 0.2) is 18.2 Å². The molecular formula is C13H20BFO3. The molecule has 1 rings (SSSR count). The zero-order valence-electron chi connectivity index (χ0n) is 11.6. The highest BCUT2D eigenvalue weighted by Crippen LogP contribution is 2.24. The maximum Gasteiger partial charge on any atom is 0.309 e. The van der Waals surface area contributed by atoms with E-state index in [4.69, 9.17) is 9.39 Å². The second-order valence-electron chi connectivity index (χ2n) is 5.33. The molecule has 0 unspecified atom stereocenters. The van der Waals surface area contributed by atoms with E-state index in [-0.39, 0.29) is 13.2 Å². The second kappa shape index (κ2) is 5.28. The Balaban J connectivity index is 2.75. The molecule has 100 valence electrons. The number of methoxy groups -OCH3 is 1. The number of rotatable bonds is 5. The van der Waals surface area contributed by atoms with Crippen molar-refractivity contribution >= 4 is 12.9 Å². The Hall–Kier alpha value is -1.07. The highest BCUT2D eigenvalue weighted by molar-refractivity contribution is 6.47. The third-order valence-corrected chi connectivity index (χ3v) is 3.29. The van der Waals surface area contributed by atoms with Crippen LogP contribution in [0.5, 0.6) is 5.75 Å². The molecule has 0 bridgehead atoms. The lowest BCUT2D eigenvalue weighted by Crippen LogP contribution is -2.49. The molecule has 0 aliphatic carbocycles. The maximum atomic E-state index is 13.2. The van der Waals surface area contributed by atoms with Crippen LogP contribution in [0.25, 0.3) is 0 Å². The first kappa shape index (κ1) is 15.0. The average molecular weight is 254 g/mol. The number of ether oxygens (including phenoxy) is 1. The van der Waals surface area contributed by atoms with Crippen molar-refractivity contribution in [3.05, 3.63) is 24.0 Å². The van der Waals surface area contributed by atoms with E-state index in [0.717, 1.165) is 5.46 Å². The third kappa shape index (κ3) is 3.46. The summed E-state index contributed by atoms with van der Waals surface area (Å²) in [5, 5.41) is 9.96. The fourth-order valence-corrected chi connectivity index (χ4v) is 1.23. The molecule has 0 spiro atoms. The van der Waals surface area contributed by atoms with E-state index in [0.29, 0.717) is 0 Å². The average Bonchev–Trinajstić information content (AvgIpc) is 2.26. The molecule has 1 aromatic rings. The highest BCUT2D eigenvalue weighted by Gasteiger charge is 2.35. The number of benzene rings is 1. The van der Waals surface area contributed by atoms with Gasteiger partial charge in [-0.25, -0.2) is 4.39 Å². The number of hydrogen-bond donors (Lipinski definition) is 1. The fourth-order valence-electron chi connectivity index (χ4n) is 1.23. The minimum Gasteiger partial charge on any atom is -0.494 e. The third-order valence-electron chi connectivity index (χ3n) is 3.29. The summed E-state index contributed by atoms with van der Waals surface area (Å²) in [5.41, 5.74) is -0.864. The van der Waals surface area contributed by atoms with Gasteiger partial charge < -0.3 is 14.5 Å². The van der Waals surface area contributed by atoms with Gasteiger partial charge in [-0.3, -0.25) is 0 Å². The number of halogens is 1. The van der Waals surface area contributed by atoms with Crippen LogP contribution in [-0.4, -0.2) is 30.9 Å². The fraction of sp³-hybridized carbons (Fsp3) is 0.538. The first-order chi connectivity index (χ1) is 8.17. The standard InChI is InChI=1S/C13H20BFO3/c1-12(2,16)13(3,4)18-14-9-6-7-10(15)11(8-9)17-5/h6-8,14,16H,1-5H3. The number of aliphatic hydroxyl groups is 1. The van der Waals surface area contributed by atoms with Crippen LogP contribution < -0.4 is 10.2 Å². The Kier molecular flexibility index (Phi) is 4.40. The van der Waals surface area contributed by atoms with E-state index in [2.05, 4.69) is 0 Å². The Morgan fingerprint density at radius 2 is 1.83 bits per heavy atom. The highest BCUT2D eigenvalue weighted by atomic mass is 19.1. The van der Waals surface area contributed by atoms with Gasteiger partial charge >= 0.3 is 7.48 Å². The van der Waals surface area contributed by atoms with Crippen molar-refractivity contribution < 1.29 is 18.9 Å². The van der Waals surface area contributed by atoms with Gasteiger partial charge in [0, 0.05) is 0 Å². The van der Waals surface area contributed by atoms with E-state index in [1.165, 1.54) is 13.2 Å². The molecular weight excluding hydrogens is 234 g/mol. The predicted molar refractivity (Wildman–Crippen MR) is 71.2 cm³/mol. The molecule has 0 aliphatic rings. The van der Waals surface area contributed by atoms with E-state index >= 15 is 0 Å². The summed E-state index contributed by atoms with van der Waals surface area (Å²) in [4.78, 5) is 0. The first-order valence-corrected chi connectivity index (χ1v) is 5.86. The van der Waals surface area contributed by atoms with Crippen LogP contribution in [0.1, 0.15) is 27.7 Å². The monoisotopic (exact) mass is 254 g/mol. The molecule has 0 aromatic heterocycles. The van der Waals surface area contributed by atoms with E-state index < -0.39 is 17.0 Å². The summed E-state index contributed by atoms with van der Waals surface area (Å²) in [7, 11) is 1.71. The lowest BCUT2D eigenvalue weighted by atomic mass is 9.82. The molecule has 0 heterocycles. The van der Waals surface area contributed by atoms with Crippen molar-refractivity contribution in [2.45, 2.75) is 38.9 Å². The van der Waals surface area contributed by atoms with Gasteiger partial charge in [0.25, 0.3) is 0 Å². The molecule has 0 aliphatic heterocycles. The molecule has 0 amide bonds. The van der Waals surface area contributed by atoms with Crippen LogP contribution in [0.2, 0.25) is 0 Å². The van der Waals surface area contributed by atoms with E-state index in [1.807, 2.05) is 13.8 Å². The van der Waals surface area contributed by atoms with Crippen LogP contribution in [0.4, 0.5) is 4.39 Å². The van der Waals surface area contributed by atoms with Crippen LogP contribution in [0.3, 0.4) is 0 Å². The Bertz CT molecular complexity index is 413. The molecule has 0 radical (unpaired) electrons. The summed E-state index contributed by atoms with van der Waals surface area (Å²) >= 11 is 0.